The average molecular weight is 244 g/mol. The van der Waals surface area contributed by atoms with Gasteiger partial charge in [0.15, 0.2) is 0 Å². The van der Waals surface area contributed by atoms with Gasteiger partial charge < -0.3 is 0 Å². The second kappa shape index (κ2) is 5.83. The van der Waals surface area contributed by atoms with Crippen molar-refractivity contribution in [3.05, 3.63) is 65.7 Å². The van der Waals surface area contributed by atoms with Gasteiger partial charge in [-0.05, 0) is 17.2 Å². The molecule has 2 rings (SSSR count). The minimum Gasteiger partial charge on any atom is -0.121 e. The largest absolute Gasteiger partial charge is 0.121 e. The highest BCUT2D eigenvalue weighted by atomic mass is 32.2. The van der Waals surface area contributed by atoms with Crippen LogP contribution in [0.5, 0.6) is 0 Å². The van der Waals surface area contributed by atoms with Crippen LogP contribution in [0.15, 0.2) is 59.5 Å². The van der Waals surface area contributed by atoms with Crippen molar-refractivity contribution in [2.75, 3.05) is 0 Å². The average Bonchev–Trinajstić information content (AvgIpc) is 2.38. The van der Waals surface area contributed by atoms with Crippen LogP contribution < -0.4 is 0 Å². The van der Waals surface area contributed by atoms with Crippen LogP contribution in [0.2, 0.25) is 0 Å². The van der Waals surface area contributed by atoms with Gasteiger partial charge in [0, 0.05) is 16.0 Å². The standard InChI is InChI=1S/C14H12S2/c15-10-13-8-4-5-9-14(13)16-11-12-6-2-1-3-7-12/h1-10H,11H2. The van der Waals surface area contributed by atoms with Gasteiger partial charge >= 0.3 is 0 Å². The first kappa shape index (κ1) is 11.4. The Hall–Kier alpha value is -1.12. The fourth-order valence-electron chi connectivity index (χ4n) is 1.44. The molecule has 0 unspecified atom stereocenters. The summed E-state index contributed by atoms with van der Waals surface area (Å²) in [4.78, 5) is 1.25. The van der Waals surface area contributed by atoms with Crippen molar-refractivity contribution in [1.29, 1.82) is 0 Å². The molecule has 0 saturated carbocycles. The van der Waals surface area contributed by atoms with E-state index in [1.807, 2.05) is 23.9 Å². The molecule has 80 valence electrons. The quantitative estimate of drug-likeness (QED) is 0.580. The van der Waals surface area contributed by atoms with E-state index in [1.54, 1.807) is 5.37 Å². The summed E-state index contributed by atoms with van der Waals surface area (Å²) in [6.07, 6.45) is 0. The first-order valence-electron chi connectivity index (χ1n) is 5.11. The fourth-order valence-corrected chi connectivity index (χ4v) is 2.71. The molecular weight excluding hydrogens is 232 g/mol. The molecule has 0 fully saturated rings. The van der Waals surface area contributed by atoms with Gasteiger partial charge in [-0.25, -0.2) is 0 Å². The van der Waals surface area contributed by atoms with Crippen LogP contribution in [-0.2, 0) is 5.75 Å². The molecule has 2 heteroatoms. The van der Waals surface area contributed by atoms with E-state index >= 15 is 0 Å². The number of hydrogen-bond donors (Lipinski definition) is 0. The molecule has 0 N–H and O–H groups in total. The number of benzene rings is 2. The second-order valence-corrected chi connectivity index (χ2v) is 4.68. The monoisotopic (exact) mass is 244 g/mol. The summed E-state index contributed by atoms with van der Waals surface area (Å²) >= 11 is 6.83. The van der Waals surface area contributed by atoms with Gasteiger partial charge in [-0.3, -0.25) is 0 Å². The second-order valence-electron chi connectivity index (χ2n) is 3.43. The Morgan fingerprint density at radius 2 is 1.62 bits per heavy atom. The smallest absolute Gasteiger partial charge is 0.0232 e. The first-order chi connectivity index (χ1) is 7.90. The molecule has 0 aliphatic carbocycles. The van der Waals surface area contributed by atoms with Crippen LogP contribution in [0, 0.1) is 0 Å². The maximum atomic E-state index is 5.00. The third-order valence-corrected chi connectivity index (χ3v) is 3.70. The van der Waals surface area contributed by atoms with Crippen LogP contribution in [-0.4, -0.2) is 5.37 Å². The third kappa shape index (κ3) is 2.94. The van der Waals surface area contributed by atoms with Gasteiger partial charge in [-0.15, -0.1) is 11.8 Å². The van der Waals surface area contributed by atoms with E-state index in [2.05, 4.69) is 42.5 Å². The van der Waals surface area contributed by atoms with Crippen molar-refractivity contribution in [2.45, 2.75) is 10.6 Å². The molecule has 0 amide bonds. The lowest BCUT2D eigenvalue weighted by Gasteiger charge is -2.04. The molecule has 0 radical (unpaired) electrons. The fraction of sp³-hybridized carbons (Fsp3) is 0.0714. The van der Waals surface area contributed by atoms with E-state index in [0.717, 1.165) is 11.3 Å². The summed E-state index contributed by atoms with van der Waals surface area (Å²) in [5, 5.41) is 1.74. The summed E-state index contributed by atoms with van der Waals surface area (Å²) in [7, 11) is 0. The van der Waals surface area contributed by atoms with Crippen LogP contribution in [0.3, 0.4) is 0 Å². The van der Waals surface area contributed by atoms with Crippen molar-refractivity contribution in [3.63, 3.8) is 0 Å². The molecule has 2 aromatic rings. The number of hydrogen-bond acceptors (Lipinski definition) is 2. The Labute approximate surface area is 106 Å². The highest BCUT2D eigenvalue weighted by Crippen LogP contribution is 2.25. The lowest BCUT2D eigenvalue weighted by Crippen LogP contribution is -1.85. The minimum atomic E-state index is 0.987. The SMILES string of the molecule is S=Cc1ccccc1SCc1ccccc1. The Balaban J connectivity index is 2.08. The summed E-state index contributed by atoms with van der Waals surface area (Å²) in [6, 6.07) is 18.7. The Bertz CT molecular complexity index is 463. The summed E-state index contributed by atoms with van der Waals surface area (Å²) in [6.45, 7) is 0. The van der Waals surface area contributed by atoms with Crippen LogP contribution >= 0.6 is 24.0 Å². The number of thiocarbonyl (C=S) groups is 1. The van der Waals surface area contributed by atoms with Crippen LogP contribution in [0.25, 0.3) is 0 Å². The third-order valence-electron chi connectivity index (χ3n) is 2.28. The van der Waals surface area contributed by atoms with Gasteiger partial charge in [0.05, 0.1) is 0 Å². The molecule has 0 heterocycles. The van der Waals surface area contributed by atoms with Crippen molar-refractivity contribution in [3.8, 4) is 0 Å². The molecule has 0 aliphatic rings. The van der Waals surface area contributed by atoms with E-state index in [4.69, 9.17) is 12.2 Å². The Morgan fingerprint density at radius 3 is 2.38 bits per heavy atom. The molecule has 0 aliphatic heterocycles. The van der Waals surface area contributed by atoms with Crippen molar-refractivity contribution < 1.29 is 0 Å². The minimum absolute atomic E-state index is 0.987. The van der Waals surface area contributed by atoms with E-state index in [9.17, 15) is 0 Å². The lowest BCUT2D eigenvalue weighted by molar-refractivity contribution is 1.37. The zero-order chi connectivity index (χ0) is 11.2. The van der Waals surface area contributed by atoms with Crippen LogP contribution in [0.1, 0.15) is 11.1 Å². The van der Waals surface area contributed by atoms with Gasteiger partial charge in [0.1, 0.15) is 0 Å². The van der Waals surface area contributed by atoms with Crippen molar-refractivity contribution >= 4 is 29.3 Å². The highest BCUT2D eigenvalue weighted by Gasteiger charge is 1.99. The maximum Gasteiger partial charge on any atom is 0.0232 e. The maximum absolute atomic E-state index is 5.00. The predicted octanol–water partition coefficient (Wildman–Crippen LogP) is 4.33. The molecule has 2 aromatic carbocycles. The molecular formula is C14H12S2. The van der Waals surface area contributed by atoms with Crippen LogP contribution in [0.4, 0.5) is 0 Å². The molecule has 0 atom stereocenters. The lowest BCUT2D eigenvalue weighted by atomic mass is 10.2. The Morgan fingerprint density at radius 1 is 0.938 bits per heavy atom. The predicted molar refractivity (Wildman–Crippen MR) is 75.2 cm³/mol. The topological polar surface area (TPSA) is 0 Å². The first-order valence-corrected chi connectivity index (χ1v) is 6.57. The molecule has 0 aromatic heterocycles. The molecule has 0 bridgehead atoms. The van der Waals surface area contributed by atoms with E-state index in [-0.39, 0.29) is 0 Å². The molecule has 0 spiro atoms. The van der Waals surface area contributed by atoms with E-state index in [1.165, 1.54) is 10.5 Å². The van der Waals surface area contributed by atoms with Gasteiger partial charge in [-0.1, -0.05) is 60.7 Å². The normalized spacial score (nSPS) is 10.0. The molecule has 0 nitrogen and oxygen atoms in total. The van der Waals surface area contributed by atoms with Gasteiger partial charge in [0.2, 0.25) is 0 Å². The Kier molecular flexibility index (Phi) is 4.14. The zero-order valence-corrected chi connectivity index (χ0v) is 10.4. The summed E-state index contributed by atoms with van der Waals surface area (Å²) < 4.78 is 0. The summed E-state index contributed by atoms with van der Waals surface area (Å²) in [5.41, 5.74) is 2.48. The van der Waals surface area contributed by atoms with E-state index < -0.39 is 0 Å². The molecule has 0 saturated heterocycles. The van der Waals surface area contributed by atoms with Gasteiger partial charge in [0.25, 0.3) is 0 Å². The summed E-state index contributed by atoms with van der Waals surface area (Å²) in [5.74, 6) is 0.987. The van der Waals surface area contributed by atoms with Crippen molar-refractivity contribution in [2.24, 2.45) is 0 Å². The van der Waals surface area contributed by atoms with E-state index in [0.29, 0.717) is 0 Å². The van der Waals surface area contributed by atoms with Gasteiger partial charge in [-0.2, -0.15) is 0 Å². The zero-order valence-electron chi connectivity index (χ0n) is 8.80. The van der Waals surface area contributed by atoms with Crippen molar-refractivity contribution in [1.82, 2.24) is 0 Å². The number of thioether (sulfide) groups is 1. The number of rotatable bonds is 4. The molecule has 16 heavy (non-hydrogen) atoms. The highest BCUT2D eigenvalue weighted by molar-refractivity contribution is 7.98.